The predicted octanol–water partition coefficient (Wildman–Crippen LogP) is 3.25. The Morgan fingerprint density at radius 2 is 2.05 bits per heavy atom. The van der Waals surface area contributed by atoms with Crippen molar-refractivity contribution in [1.29, 1.82) is 0 Å². The molecule has 0 unspecified atom stereocenters. The summed E-state index contributed by atoms with van der Waals surface area (Å²) in [5.41, 5.74) is -0.612. The van der Waals surface area contributed by atoms with Gasteiger partial charge in [0.05, 0.1) is 11.3 Å². The Morgan fingerprint density at radius 3 is 2.55 bits per heavy atom. The smallest absolute Gasteiger partial charge is 0.417 e. The van der Waals surface area contributed by atoms with Crippen molar-refractivity contribution in [2.45, 2.75) is 26.4 Å². The van der Waals surface area contributed by atoms with Crippen LogP contribution in [0.15, 0.2) is 18.3 Å². The van der Waals surface area contributed by atoms with Crippen LogP contribution in [0.5, 0.6) is 0 Å². The van der Waals surface area contributed by atoms with Crippen LogP contribution in [0, 0.1) is 5.92 Å². The van der Waals surface area contributed by atoms with Gasteiger partial charge in [-0.05, 0) is 24.5 Å². The monoisotopic (exact) mass is 286 g/mol. The Labute approximate surface area is 112 Å². The SMILES string of the molecule is CC(C)Cc1nc2ccc(C(F)(F)F)cn2c1C(=O)O. The molecule has 0 aliphatic rings. The molecule has 0 amide bonds. The number of halogens is 3. The van der Waals surface area contributed by atoms with Crippen LogP contribution < -0.4 is 0 Å². The number of nitrogens with zero attached hydrogens (tertiary/aromatic N) is 2. The topological polar surface area (TPSA) is 54.6 Å². The molecule has 0 atom stereocenters. The summed E-state index contributed by atoms with van der Waals surface area (Å²) in [6.45, 7) is 3.77. The van der Waals surface area contributed by atoms with Crippen LogP contribution in [0.4, 0.5) is 13.2 Å². The quantitative estimate of drug-likeness (QED) is 0.942. The van der Waals surface area contributed by atoms with Gasteiger partial charge in [-0.15, -0.1) is 0 Å². The molecular weight excluding hydrogens is 273 g/mol. The number of rotatable bonds is 3. The lowest BCUT2D eigenvalue weighted by Crippen LogP contribution is -2.10. The van der Waals surface area contributed by atoms with Gasteiger partial charge in [-0.1, -0.05) is 13.8 Å². The van der Waals surface area contributed by atoms with E-state index in [9.17, 15) is 23.1 Å². The molecule has 7 heteroatoms. The fourth-order valence-corrected chi connectivity index (χ4v) is 2.02. The Hall–Kier alpha value is -2.05. The largest absolute Gasteiger partial charge is 0.477 e. The Kier molecular flexibility index (Phi) is 3.45. The first kappa shape index (κ1) is 14.4. The van der Waals surface area contributed by atoms with Gasteiger partial charge in [-0.25, -0.2) is 9.78 Å². The minimum atomic E-state index is -4.52. The van der Waals surface area contributed by atoms with E-state index in [-0.39, 0.29) is 17.3 Å². The van der Waals surface area contributed by atoms with E-state index in [0.717, 1.165) is 16.7 Å². The lowest BCUT2D eigenvalue weighted by atomic mass is 10.1. The van der Waals surface area contributed by atoms with E-state index in [1.54, 1.807) is 0 Å². The molecule has 0 aromatic carbocycles. The average Bonchev–Trinajstić information content (AvgIpc) is 2.63. The number of alkyl halides is 3. The summed E-state index contributed by atoms with van der Waals surface area (Å²) in [6, 6.07) is 2.08. The zero-order chi connectivity index (χ0) is 15.1. The first-order valence-electron chi connectivity index (χ1n) is 6.01. The lowest BCUT2D eigenvalue weighted by molar-refractivity contribution is -0.137. The van der Waals surface area contributed by atoms with Crippen molar-refractivity contribution in [2.24, 2.45) is 5.92 Å². The van der Waals surface area contributed by atoms with E-state index < -0.39 is 17.7 Å². The van der Waals surface area contributed by atoms with Gasteiger partial charge in [-0.2, -0.15) is 13.2 Å². The maximum atomic E-state index is 12.7. The van der Waals surface area contributed by atoms with E-state index in [0.29, 0.717) is 12.1 Å². The van der Waals surface area contributed by atoms with Gasteiger partial charge in [0.2, 0.25) is 0 Å². The molecule has 0 aliphatic heterocycles. The highest BCUT2D eigenvalue weighted by atomic mass is 19.4. The molecule has 0 saturated heterocycles. The molecule has 20 heavy (non-hydrogen) atoms. The molecule has 0 radical (unpaired) electrons. The van der Waals surface area contributed by atoms with E-state index in [2.05, 4.69) is 4.98 Å². The van der Waals surface area contributed by atoms with Crippen LogP contribution in [0.3, 0.4) is 0 Å². The lowest BCUT2D eigenvalue weighted by Gasteiger charge is -2.07. The molecule has 108 valence electrons. The van der Waals surface area contributed by atoms with Crippen LogP contribution in [0.2, 0.25) is 0 Å². The van der Waals surface area contributed by atoms with Gasteiger partial charge < -0.3 is 5.11 Å². The predicted molar refractivity (Wildman–Crippen MR) is 65.7 cm³/mol. The van der Waals surface area contributed by atoms with Gasteiger partial charge in [0.1, 0.15) is 5.65 Å². The van der Waals surface area contributed by atoms with E-state index >= 15 is 0 Å². The third-order valence-electron chi connectivity index (χ3n) is 2.82. The van der Waals surface area contributed by atoms with Crippen molar-refractivity contribution < 1.29 is 23.1 Å². The van der Waals surface area contributed by atoms with Crippen LogP contribution in [0.25, 0.3) is 5.65 Å². The van der Waals surface area contributed by atoms with Gasteiger partial charge >= 0.3 is 12.1 Å². The normalized spacial score (nSPS) is 12.3. The van der Waals surface area contributed by atoms with Crippen LogP contribution in [-0.4, -0.2) is 20.5 Å². The minimum Gasteiger partial charge on any atom is -0.477 e. The van der Waals surface area contributed by atoms with Gasteiger partial charge in [0.15, 0.2) is 5.69 Å². The van der Waals surface area contributed by atoms with E-state index in [1.165, 1.54) is 6.07 Å². The number of fused-ring (bicyclic) bond motifs is 1. The fraction of sp³-hybridized carbons (Fsp3) is 0.385. The number of carbonyl (C=O) groups is 1. The number of imidazole rings is 1. The molecule has 0 aliphatic carbocycles. The van der Waals surface area contributed by atoms with Crippen molar-refractivity contribution in [2.75, 3.05) is 0 Å². The molecule has 2 aromatic heterocycles. The van der Waals surface area contributed by atoms with Crippen LogP contribution in [0.1, 0.15) is 35.6 Å². The summed E-state index contributed by atoms with van der Waals surface area (Å²) in [4.78, 5) is 15.4. The summed E-state index contributed by atoms with van der Waals surface area (Å²) >= 11 is 0. The molecule has 2 aromatic rings. The Bertz CT molecular complexity index is 659. The van der Waals surface area contributed by atoms with Gasteiger partial charge in [0.25, 0.3) is 0 Å². The number of carboxylic acids is 1. The Morgan fingerprint density at radius 1 is 1.40 bits per heavy atom. The molecule has 1 N–H and O–H groups in total. The molecule has 0 spiro atoms. The first-order valence-corrected chi connectivity index (χ1v) is 6.01. The molecular formula is C13H13F3N2O2. The zero-order valence-electron chi connectivity index (χ0n) is 10.9. The second kappa shape index (κ2) is 4.81. The fourth-order valence-electron chi connectivity index (χ4n) is 2.02. The molecule has 2 rings (SSSR count). The number of hydrogen-bond acceptors (Lipinski definition) is 2. The van der Waals surface area contributed by atoms with Crippen molar-refractivity contribution in [3.63, 3.8) is 0 Å². The second-order valence-corrected chi connectivity index (χ2v) is 4.95. The van der Waals surface area contributed by atoms with Crippen molar-refractivity contribution in [3.05, 3.63) is 35.3 Å². The maximum absolute atomic E-state index is 12.7. The van der Waals surface area contributed by atoms with Gasteiger partial charge in [-0.3, -0.25) is 4.40 Å². The third-order valence-corrected chi connectivity index (χ3v) is 2.82. The molecule has 2 heterocycles. The summed E-state index contributed by atoms with van der Waals surface area (Å²) < 4.78 is 39.0. The number of hydrogen-bond donors (Lipinski definition) is 1. The maximum Gasteiger partial charge on any atom is 0.417 e. The number of aromatic carboxylic acids is 1. The summed E-state index contributed by atoms with van der Waals surface area (Å²) in [6.07, 6.45) is -3.35. The molecule has 0 saturated carbocycles. The molecule has 0 bridgehead atoms. The zero-order valence-corrected chi connectivity index (χ0v) is 10.9. The first-order chi connectivity index (χ1) is 9.20. The highest BCUT2D eigenvalue weighted by Gasteiger charge is 2.32. The molecule has 4 nitrogen and oxygen atoms in total. The summed E-state index contributed by atoms with van der Waals surface area (Å²) in [5.74, 6) is -1.13. The summed E-state index contributed by atoms with van der Waals surface area (Å²) in [7, 11) is 0. The minimum absolute atomic E-state index is 0.153. The van der Waals surface area contributed by atoms with E-state index in [4.69, 9.17) is 0 Å². The number of aromatic nitrogens is 2. The van der Waals surface area contributed by atoms with Crippen molar-refractivity contribution in [1.82, 2.24) is 9.38 Å². The number of pyridine rings is 1. The summed E-state index contributed by atoms with van der Waals surface area (Å²) in [5, 5.41) is 9.22. The second-order valence-electron chi connectivity index (χ2n) is 4.95. The van der Waals surface area contributed by atoms with Crippen LogP contribution in [-0.2, 0) is 12.6 Å². The van der Waals surface area contributed by atoms with Gasteiger partial charge in [0, 0.05) is 6.20 Å². The average molecular weight is 286 g/mol. The van der Waals surface area contributed by atoms with E-state index in [1.807, 2.05) is 13.8 Å². The van der Waals surface area contributed by atoms with Crippen molar-refractivity contribution >= 4 is 11.6 Å². The standard InChI is InChI=1S/C13H13F3N2O2/c1-7(2)5-9-11(12(19)20)18-6-8(13(14,15)16)3-4-10(18)17-9/h3-4,6-7H,5H2,1-2H3,(H,19,20). The van der Waals surface area contributed by atoms with Crippen LogP contribution >= 0.6 is 0 Å². The molecule has 0 fully saturated rings. The third kappa shape index (κ3) is 2.61. The Balaban J connectivity index is 2.67. The highest BCUT2D eigenvalue weighted by molar-refractivity contribution is 5.88. The van der Waals surface area contributed by atoms with Crippen molar-refractivity contribution in [3.8, 4) is 0 Å². The highest BCUT2D eigenvalue weighted by Crippen LogP contribution is 2.30. The number of carboxylic acid groups (broad SMARTS) is 1.